The highest BCUT2D eigenvalue weighted by atomic mass is 16.5. The number of aryl methyl sites for hydroxylation is 9. The molecule has 0 unspecified atom stereocenters. The lowest BCUT2D eigenvalue weighted by Crippen LogP contribution is -2.36. The molecule has 0 aromatic carbocycles. The number of methoxy groups -OCH3 is 1. The molecule has 12 bridgehead atoms. The Morgan fingerprint density at radius 1 is 0.469 bits per heavy atom. The Morgan fingerprint density at radius 2 is 0.854 bits per heavy atom. The molecule has 12 heterocycles. The largest absolute Gasteiger partial charge is 0.481 e. The van der Waals surface area contributed by atoms with Gasteiger partial charge in [0.05, 0.1) is 84.9 Å². The highest BCUT2D eigenvalue weighted by Crippen LogP contribution is 2.43. The maximum atomic E-state index is 13.2. The van der Waals surface area contributed by atoms with Crippen LogP contribution in [0.4, 0.5) is 5.82 Å². The second-order valence-corrected chi connectivity index (χ2v) is 26.5. The molecule has 0 fully saturated rings. The van der Waals surface area contributed by atoms with Crippen LogP contribution < -0.4 is 4.74 Å². The normalized spacial score (nSPS) is 15.9. The van der Waals surface area contributed by atoms with Crippen molar-refractivity contribution >= 4 is 40.3 Å². The van der Waals surface area contributed by atoms with Gasteiger partial charge >= 0.3 is 0 Å². The van der Waals surface area contributed by atoms with Crippen LogP contribution in [0.5, 0.6) is 5.88 Å². The Hall–Kier alpha value is -10.4. The van der Waals surface area contributed by atoms with Crippen LogP contribution in [0.2, 0.25) is 0 Å². The molecule has 3 amide bonds. The molecule has 9 aromatic rings. The summed E-state index contributed by atoms with van der Waals surface area (Å²) in [4.78, 5) is 62.7. The number of fused-ring (bicyclic) bond motifs is 18. The topological polar surface area (TPSA) is 220 Å². The summed E-state index contributed by atoms with van der Waals surface area (Å²) < 4.78 is 16.9. The Bertz CT molecular complexity index is 4740. The van der Waals surface area contributed by atoms with Crippen LogP contribution in [0.15, 0.2) is 73.6 Å². The highest BCUT2D eigenvalue weighted by Gasteiger charge is 2.32. The third-order valence-electron chi connectivity index (χ3n) is 19.4. The molecule has 6 aliphatic rings. The number of hydrogen-bond acceptors (Lipinski definition) is 13. The quantitative estimate of drug-likeness (QED) is 0.150. The van der Waals surface area contributed by atoms with E-state index < -0.39 is 0 Å². The predicted octanol–water partition coefficient (Wildman–Crippen LogP) is 10.6. The number of amides is 3. The lowest BCUT2D eigenvalue weighted by molar-refractivity contribution is -0.134. The lowest BCUT2D eigenvalue weighted by Gasteiger charge is -2.26. The van der Waals surface area contributed by atoms with Gasteiger partial charge in [0.15, 0.2) is 0 Å². The van der Waals surface area contributed by atoms with E-state index >= 15 is 0 Å². The summed E-state index contributed by atoms with van der Waals surface area (Å²) in [6.07, 6.45) is 24.7. The number of ether oxygens (including phenoxy) is 1. The van der Waals surface area contributed by atoms with Crippen LogP contribution in [0.3, 0.4) is 0 Å². The minimum Gasteiger partial charge on any atom is -0.481 e. The number of hydrogen-bond donors (Lipinski definition) is 0. The van der Waals surface area contributed by atoms with Gasteiger partial charge in [-0.05, 0) is 115 Å². The zero-order valence-corrected chi connectivity index (χ0v) is 57.3. The maximum absolute atomic E-state index is 13.2. The predicted molar refractivity (Wildman–Crippen MR) is 366 cm³/mol. The van der Waals surface area contributed by atoms with Crippen LogP contribution in [0.1, 0.15) is 157 Å². The molecule has 3 aliphatic heterocycles. The fourth-order valence-electron chi connectivity index (χ4n) is 14.3. The molecule has 0 atom stereocenters. The second-order valence-electron chi connectivity index (χ2n) is 26.5. The van der Waals surface area contributed by atoms with Crippen molar-refractivity contribution in [2.75, 3.05) is 14.2 Å². The molecule has 23 heteroatoms. The average Bonchev–Trinajstić information content (AvgIpc) is 1.74. The van der Waals surface area contributed by atoms with Gasteiger partial charge in [0.2, 0.25) is 23.6 Å². The minimum atomic E-state index is 0.0517. The van der Waals surface area contributed by atoms with Crippen molar-refractivity contribution in [3.63, 3.8) is 0 Å². The SMILES string of the molecule is COc1c2c(nn1C)CN(C(C)C)C(=O)CCCn1cc(c(C)n1)C1=CCc3ncc-2cc31.Cc1nn2cc1C1=CCc3ncc(cc31)-c1c(nn(C)c1C)CN(C(C)C)C(=O)CCC2.[C-]#[N+]c1c2c(nn1C)CN(C)C(=O)CCCn1cc(c(C)n1)C1=CCc3ncc-2cc31. The fourth-order valence-corrected chi connectivity index (χ4v) is 14.3. The Labute approximate surface area is 559 Å². The summed E-state index contributed by atoms with van der Waals surface area (Å²) in [6, 6.07) is 6.68. The molecule has 0 N–H and O–H groups in total. The number of allylic oxidation sites excluding steroid dienone is 3. The summed E-state index contributed by atoms with van der Waals surface area (Å²) in [5, 5.41) is 28.3. The summed E-state index contributed by atoms with van der Waals surface area (Å²) in [6.45, 7) is 27.5. The molecule has 0 radical (unpaired) electrons. The number of carbonyl (C=O) groups is 3. The molecule has 0 saturated carbocycles. The van der Waals surface area contributed by atoms with Crippen LogP contribution >= 0.6 is 0 Å². The number of aromatic nitrogens is 15. The molecule has 23 nitrogen and oxygen atoms in total. The second kappa shape index (κ2) is 26.1. The molecule has 0 spiro atoms. The summed E-state index contributed by atoms with van der Waals surface area (Å²) in [7, 11) is 9.04. The van der Waals surface area contributed by atoms with Gasteiger partial charge in [-0.3, -0.25) is 48.1 Å². The van der Waals surface area contributed by atoms with Crippen LogP contribution in [0, 0.1) is 34.3 Å². The van der Waals surface area contributed by atoms with Crippen LogP contribution in [0.25, 0.3) is 54.9 Å². The first-order chi connectivity index (χ1) is 46.2. The van der Waals surface area contributed by atoms with Gasteiger partial charge in [0.25, 0.3) is 5.82 Å². The molecule has 96 heavy (non-hydrogen) atoms. The first-order valence-corrected chi connectivity index (χ1v) is 33.3. The van der Waals surface area contributed by atoms with Crippen molar-refractivity contribution in [2.24, 2.45) is 21.1 Å². The highest BCUT2D eigenvalue weighted by molar-refractivity contribution is 5.91. The van der Waals surface area contributed by atoms with Crippen molar-refractivity contribution in [2.45, 2.75) is 165 Å². The van der Waals surface area contributed by atoms with Gasteiger partial charge < -0.3 is 24.3 Å². The zero-order valence-electron chi connectivity index (χ0n) is 57.3. The molecular weight excluding hydrogens is 1210 g/mol. The summed E-state index contributed by atoms with van der Waals surface area (Å²) in [5.74, 6) is 1.45. The monoisotopic (exact) mass is 1290 g/mol. The Kier molecular flexibility index (Phi) is 17.5. The standard InChI is InChI=1S/C25H30N6O2.C25H30N6O.C23H23N7O/c1-15(2)31-14-22-24(25(33-5)29(4)28-22)17-11-19-18(8-9-21(19)26-12-17)20-13-30(27-16(20)3)10-6-7-23(31)32;1-15(2)31-14-23-25(17(4)29(5)28-23)18-11-20-19(8-9-22(20)26-12-18)21-13-30(27-16(21)3)10-6-7-24(31)32;1-14-18-12-30(26-14)9-5-6-21(31)28(3)13-20-22(23(24-2)29(4)27-20)15-10-17-16(18)7-8-19(17)25-11-15/h8,11-13,15H,6-7,9-10,14H2,1-5H3;8,11-13,15H,6-7,9-10,14H2,1-5H3;7,10-12H,5-6,8-9,13H2,1,3-4H3. The lowest BCUT2D eigenvalue weighted by atomic mass is 9.97. The fraction of sp³-hybridized carbons (Fsp3) is 0.411. The first-order valence-electron chi connectivity index (χ1n) is 33.3. The van der Waals surface area contributed by atoms with Crippen molar-refractivity contribution in [1.29, 1.82) is 0 Å². The van der Waals surface area contributed by atoms with E-state index in [0.29, 0.717) is 75.8 Å². The van der Waals surface area contributed by atoms with Crippen LogP contribution in [-0.4, -0.2) is 132 Å². The van der Waals surface area contributed by atoms with Crippen molar-refractivity contribution in [3.05, 3.63) is 175 Å². The van der Waals surface area contributed by atoms with E-state index in [-0.39, 0.29) is 29.8 Å². The molecule has 15 rings (SSSR count). The molecule has 3 aliphatic carbocycles. The van der Waals surface area contributed by atoms with Crippen molar-refractivity contribution in [1.82, 2.24) is 88.3 Å². The molecule has 9 aromatic heterocycles. The van der Waals surface area contributed by atoms with Gasteiger partial charge in [0.1, 0.15) is 5.69 Å². The van der Waals surface area contributed by atoms with E-state index in [1.807, 2.05) is 88.9 Å². The molecule has 494 valence electrons. The summed E-state index contributed by atoms with van der Waals surface area (Å²) in [5.41, 5.74) is 25.5. The van der Waals surface area contributed by atoms with E-state index in [2.05, 4.69) is 97.8 Å². The van der Waals surface area contributed by atoms with E-state index in [4.69, 9.17) is 46.7 Å². The van der Waals surface area contributed by atoms with Gasteiger partial charge in [0, 0.05) is 190 Å². The number of nitrogens with zero attached hydrogens (tertiary/aromatic N) is 19. The van der Waals surface area contributed by atoms with E-state index in [1.54, 1.807) is 35.5 Å². The van der Waals surface area contributed by atoms with Gasteiger partial charge in [-0.2, -0.15) is 25.5 Å². The van der Waals surface area contributed by atoms with E-state index in [1.165, 1.54) is 16.7 Å². The van der Waals surface area contributed by atoms with Gasteiger partial charge in [-0.15, -0.1) is 5.10 Å². The minimum absolute atomic E-state index is 0.0517. The van der Waals surface area contributed by atoms with E-state index in [9.17, 15) is 14.4 Å². The van der Waals surface area contributed by atoms with Gasteiger partial charge in [-0.1, -0.05) is 24.8 Å². The Balaban J connectivity index is 0.000000130. The smallest absolute Gasteiger partial charge is 0.260 e. The Morgan fingerprint density at radius 3 is 1.28 bits per heavy atom. The number of pyridine rings is 3. The maximum Gasteiger partial charge on any atom is 0.260 e. The first kappa shape index (κ1) is 64.3. The van der Waals surface area contributed by atoms with Crippen molar-refractivity contribution in [3.8, 4) is 39.3 Å². The van der Waals surface area contributed by atoms with Gasteiger partial charge in [-0.25, -0.2) is 9.36 Å². The third kappa shape index (κ3) is 12.1. The molecule has 0 saturated heterocycles. The third-order valence-corrected chi connectivity index (χ3v) is 19.4. The van der Waals surface area contributed by atoms with Crippen molar-refractivity contribution < 1.29 is 19.1 Å². The summed E-state index contributed by atoms with van der Waals surface area (Å²) >= 11 is 0. The number of rotatable bonds is 3. The number of carbonyl (C=O) groups excluding carboxylic acids is 3. The molecular formula is C73H83N19O4. The zero-order chi connectivity index (χ0) is 67.5. The van der Waals surface area contributed by atoms with Crippen LogP contribution in [-0.2, 0) is 94.1 Å². The van der Waals surface area contributed by atoms with E-state index in [0.717, 1.165) is 157 Å². The average molecular weight is 1290 g/mol.